The van der Waals surface area contributed by atoms with Crippen molar-refractivity contribution in [2.75, 3.05) is 10.6 Å². The van der Waals surface area contributed by atoms with Crippen LogP contribution in [-0.2, 0) is 6.54 Å². The van der Waals surface area contributed by atoms with E-state index in [0.29, 0.717) is 12.5 Å². The average molecular weight is 348 g/mol. The largest absolute Gasteiger partial charge is 0.491 e. The summed E-state index contributed by atoms with van der Waals surface area (Å²) >= 11 is 0. The molecule has 5 heteroatoms. The number of aryl methyl sites for hydroxylation is 1. The summed E-state index contributed by atoms with van der Waals surface area (Å²) < 4.78 is 5.66. The summed E-state index contributed by atoms with van der Waals surface area (Å²) in [5.74, 6) is 2.19. The van der Waals surface area contributed by atoms with Crippen molar-refractivity contribution < 1.29 is 4.74 Å². The molecule has 3 aromatic rings. The van der Waals surface area contributed by atoms with Crippen LogP contribution in [0.3, 0.4) is 0 Å². The summed E-state index contributed by atoms with van der Waals surface area (Å²) in [4.78, 5) is 8.79. The summed E-state index contributed by atoms with van der Waals surface area (Å²) in [6.07, 6.45) is 1.90. The molecule has 0 radical (unpaired) electrons. The molecule has 0 aliphatic heterocycles. The molecule has 3 rings (SSSR count). The Morgan fingerprint density at radius 2 is 1.85 bits per heavy atom. The van der Waals surface area contributed by atoms with E-state index in [1.807, 2.05) is 44.2 Å². The van der Waals surface area contributed by atoms with Gasteiger partial charge in [-0.1, -0.05) is 29.8 Å². The fraction of sp³-hybridized carbons (Fsp3) is 0.238. The highest BCUT2D eigenvalue weighted by molar-refractivity contribution is 5.57. The molecule has 0 unspecified atom stereocenters. The second-order valence-electron chi connectivity index (χ2n) is 6.42. The van der Waals surface area contributed by atoms with Crippen molar-refractivity contribution in [3.63, 3.8) is 0 Å². The lowest BCUT2D eigenvalue weighted by atomic mass is 10.1. The second-order valence-corrected chi connectivity index (χ2v) is 6.42. The first kappa shape index (κ1) is 17.7. The van der Waals surface area contributed by atoms with Gasteiger partial charge in [-0.2, -0.15) is 4.98 Å². The average Bonchev–Trinajstić information content (AvgIpc) is 2.62. The Bertz CT molecular complexity index is 847. The van der Waals surface area contributed by atoms with E-state index in [1.165, 1.54) is 11.1 Å². The van der Waals surface area contributed by atoms with Crippen molar-refractivity contribution in [3.05, 3.63) is 71.9 Å². The van der Waals surface area contributed by atoms with Crippen molar-refractivity contribution in [2.45, 2.75) is 33.4 Å². The SMILES string of the molecule is Cc1cccc(CNc2nccc(Nc3ccc(OC(C)C)cc3)n2)c1. The fourth-order valence-corrected chi connectivity index (χ4v) is 2.55. The lowest BCUT2D eigenvalue weighted by Crippen LogP contribution is -2.06. The van der Waals surface area contributed by atoms with Crippen LogP contribution in [0.4, 0.5) is 17.5 Å². The molecule has 0 spiro atoms. The first-order valence-corrected chi connectivity index (χ1v) is 8.75. The van der Waals surface area contributed by atoms with E-state index in [9.17, 15) is 0 Å². The maximum atomic E-state index is 5.66. The third-order valence-electron chi connectivity index (χ3n) is 3.69. The van der Waals surface area contributed by atoms with Gasteiger partial charge in [0.05, 0.1) is 6.10 Å². The van der Waals surface area contributed by atoms with Gasteiger partial charge in [-0.05, 0) is 56.7 Å². The number of aromatic nitrogens is 2. The van der Waals surface area contributed by atoms with Crippen molar-refractivity contribution in [1.82, 2.24) is 9.97 Å². The van der Waals surface area contributed by atoms with E-state index in [-0.39, 0.29) is 6.10 Å². The first-order valence-electron chi connectivity index (χ1n) is 8.75. The van der Waals surface area contributed by atoms with Crippen molar-refractivity contribution in [2.24, 2.45) is 0 Å². The molecule has 5 nitrogen and oxygen atoms in total. The summed E-state index contributed by atoms with van der Waals surface area (Å²) in [5.41, 5.74) is 3.39. The molecule has 0 amide bonds. The highest BCUT2D eigenvalue weighted by atomic mass is 16.5. The predicted octanol–water partition coefficient (Wildman–Crippen LogP) is 4.93. The number of nitrogens with one attached hydrogen (secondary N) is 2. The number of hydrogen-bond acceptors (Lipinski definition) is 5. The maximum absolute atomic E-state index is 5.66. The Labute approximate surface area is 154 Å². The van der Waals surface area contributed by atoms with Gasteiger partial charge in [-0.3, -0.25) is 0 Å². The minimum absolute atomic E-state index is 0.165. The summed E-state index contributed by atoms with van der Waals surface area (Å²) in [5, 5.41) is 6.55. The smallest absolute Gasteiger partial charge is 0.224 e. The molecule has 0 bridgehead atoms. The Morgan fingerprint density at radius 1 is 1.04 bits per heavy atom. The minimum atomic E-state index is 0.165. The molecule has 0 aliphatic carbocycles. The van der Waals surface area contributed by atoms with Crippen LogP contribution in [0.1, 0.15) is 25.0 Å². The number of nitrogens with zero attached hydrogens (tertiary/aromatic N) is 2. The number of rotatable bonds is 7. The number of anilines is 3. The molecule has 26 heavy (non-hydrogen) atoms. The zero-order chi connectivity index (χ0) is 18.4. The van der Waals surface area contributed by atoms with Gasteiger partial charge in [-0.25, -0.2) is 4.98 Å². The van der Waals surface area contributed by atoms with Gasteiger partial charge in [0.25, 0.3) is 0 Å². The van der Waals surface area contributed by atoms with Crippen LogP contribution >= 0.6 is 0 Å². The Balaban J connectivity index is 1.61. The zero-order valence-corrected chi connectivity index (χ0v) is 15.4. The molecule has 0 aliphatic rings. The van der Waals surface area contributed by atoms with E-state index in [4.69, 9.17) is 4.74 Å². The van der Waals surface area contributed by atoms with Gasteiger partial charge in [0.1, 0.15) is 11.6 Å². The topological polar surface area (TPSA) is 59.1 Å². The quantitative estimate of drug-likeness (QED) is 0.634. The van der Waals surface area contributed by atoms with Crippen LogP contribution in [0, 0.1) is 6.92 Å². The van der Waals surface area contributed by atoms with Crippen LogP contribution in [-0.4, -0.2) is 16.1 Å². The Hall–Kier alpha value is -3.08. The van der Waals surface area contributed by atoms with Crippen LogP contribution in [0.25, 0.3) is 0 Å². The number of benzene rings is 2. The monoisotopic (exact) mass is 348 g/mol. The molecule has 0 saturated carbocycles. The Kier molecular flexibility index (Phi) is 5.69. The van der Waals surface area contributed by atoms with Gasteiger partial charge in [0.15, 0.2) is 0 Å². The molecule has 0 atom stereocenters. The molecular weight excluding hydrogens is 324 g/mol. The van der Waals surface area contributed by atoms with Gasteiger partial charge in [0, 0.05) is 18.4 Å². The third kappa shape index (κ3) is 5.21. The van der Waals surface area contributed by atoms with Gasteiger partial charge >= 0.3 is 0 Å². The fourth-order valence-electron chi connectivity index (χ4n) is 2.55. The predicted molar refractivity (Wildman–Crippen MR) is 106 cm³/mol. The summed E-state index contributed by atoms with van der Waals surface area (Å²) in [6, 6.07) is 18.1. The molecule has 2 aromatic carbocycles. The minimum Gasteiger partial charge on any atom is -0.491 e. The summed E-state index contributed by atoms with van der Waals surface area (Å²) in [7, 11) is 0. The molecule has 1 heterocycles. The molecule has 1 aromatic heterocycles. The number of hydrogen-bond donors (Lipinski definition) is 2. The van der Waals surface area contributed by atoms with Crippen molar-refractivity contribution >= 4 is 17.5 Å². The van der Waals surface area contributed by atoms with E-state index in [0.717, 1.165) is 17.3 Å². The van der Waals surface area contributed by atoms with Crippen molar-refractivity contribution in [1.29, 1.82) is 0 Å². The van der Waals surface area contributed by atoms with E-state index in [1.54, 1.807) is 6.20 Å². The first-order chi connectivity index (χ1) is 12.6. The van der Waals surface area contributed by atoms with Gasteiger partial charge in [0.2, 0.25) is 5.95 Å². The van der Waals surface area contributed by atoms with E-state index < -0.39 is 0 Å². The lowest BCUT2D eigenvalue weighted by Gasteiger charge is -2.11. The van der Waals surface area contributed by atoms with Gasteiger partial charge < -0.3 is 15.4 Å². The van der Waals surface area contributed by atoms with Crippen LogP contribution in [0.5, 0.6) is 5.75 Å². The highest BCUT2D eigenvalue weighted by Crippen LogP contribution is 2.20. The van der Waals surface area contributed by atoms with E-state index >= 15 is 0 Å². The van der Waals surface area contributed by atoms with E-state index in [2.05, 4.69) is 51.8 Å². The van der Waals surface area contributed by atoms with Crippen LogP contribution < -0.4 is 15.4 Å². The molecule has 2 N–H and O–H groups in total. The lowest BCUT2D eigenvalue weighted by molar-refractivity contribution is 0.242. The standard InChI is InChI=1S/C21H24N4O/c1-15(2)26-19-9-7-18(8-10-19)24-20-11-12-22-21(25-20)23-14-17-6-4-5-16(3)13-17/h4-13,15H,14H2,1-3H3,(H2,22,23,24,25). The summed E-state index contributed by atoms with van der Waals surface area (Å²) in [6.45, 7) is 6.80. The normalized spacial score (nSPS) is 10.6. The molecular formula is C21H24N4O. The molecule has 0 fully saturated rings. The Morgan fingerprint density at radius 3 is 2.58 bits per heavy atom. The zero-order valence-electron chi connectivity index (χ0n) is 15.4. The van der Waals surface area contributed by atoms with Crippen LogP contribution in [0.2, 0.25) is 0 Å². The number of ether oxygens (including phenoxy) is 1. The molecule has 134 valence electrons. The van der Waals surface area contributed by atoms with Crippen molar-refractivity contribution in [3.8, 4) is 5.75 Å². The molecule has 0 saturated heterocycles. The second kappa shape index (κ2) is 8.34. The third-order valence-corrected chi connectivity index (χ3v) is 3.69. The van der Waals surface area contributed by atoms with Crippen LogP contribution in [0.15, 0.2) is 60.8 Å². The maximum Gasteiger partial charge on any atom is 0.224 e. The van der Waals surface area contributed by atoms with Gasteiger partial charge in [-0.15, -0.1) is 0 Å². The highest BCUT2D eigenvalue weighted by Gasteiger charge is 2.02.